The number of aryl methyl sites for hydroxylation is 1. The molecule has 1 aromatic carbocycles. The van der Waals surface area contributed by atoms with Gasteiger partial charge in [-0.05, 0) is 44.5 Å². The Bertz CT molecular complexity index is 269. The Balaban J connectivity index is 2.27. The summed E-state index contributed by atoms with van der Waals surface area (Å²) in [5.41, 5.74) is 1.44. The number of rotatable bonds is 6. The Labute approximate surface area is 94.6 Å². The summed E-state index contributed by atoms with van der Waals surface area (Å²) in [7, 11) is -1.36. The lowest BCUT2D eigenvalue weighted by atomic mass is 10.1. The van der Waals surface area contributed by atoms with Crippen LogP contribution in [0.3, 0.4) is 0 Å². The van der Waals surface area contributed by atoms with Gasteiger partial charge in [0.1, 0.15) is 0 Å². The van der Waals surface area contributed by atoms with Gasteiger partial charge in [-0.15, -0.1) is 0 Å². The second-order valence-corrected chi connectivity index (χ2v) is 8.84. The third-order valence-electron chi connectivity index (χ3n) is 2.62. The van der Waals surface area contributed by atoms with Crippen molar-refractivity contribution in [3.05, 3.63) is 35.9 Å². The first-order valence-corrected chi connectivity index (χ1v) is 8.93. The molecular weight excluding hydrogens is 200 g/mol. The lowest BCUT2D eigenvalue weighted by molar-refractivity contribution is 0.328. The molecule has 1 aromatic rings. The van der Waals surface area contributed by atoms with Gasteiger partial charge in [0.25, 0.3) is 0 Å². The molecule has 0 amide bonds. The zero-order chi connectivity index (χ0) is 11.1. The molecule has 0 aliphatic heterocycles. The molecule has 0 heterocycles. The topological polar surface area (TPSA) is 9.23 Å². The standard InChI is InChI=1S/C13H22OSi/c1-4-14-15(2,3)12-8-11-13-9-6-5-7-10-13/h5-7,9-10H,4,8,11-12H2,1-3H3. The van der Waals surface area contributed by atoms with Crippen LogP contribution in [0, 0.1) is 0 Å². The second-order valence-electron chi connectivity index (χ2n) is 4.53. The first kappa shape index (κ1) is 12.5. The van der Waals surface area contributed by atoms with Gasteiger partial charge in [-0.3, -0.25) is 0 Å². The van der Waals surface area contributed by atoms with E-state index in [-0.39, 0.29) is 0 Å². The first-order chi connectivity index (χ1) is 7.14. The average Bonchev–Trinajstić information content (AvgIpc) is 2.19. The van der Waals surface area contributed by atoms with Crippen molar-refractivity contribution in [2.24, 2.45) is 0 Å². The molecule has 2 heteroatoms. The van der Waals surface area contributed by atoms with Crippen LogP contribution in [-0.4, -0.2) is 14.9 Å². The Morgan fingerprint density at radius 3 is 2.40 bits per heavy atom. The first-order valence-electron chi connectivity index (χ1n) is 5.82. The highest BCUT2D eigenvalue weighted by molar-refractivity contribution is 6.71. The molecule has 0 fully saturated rings. The third-order valence-corrected chi connectivity index (χ3v) is 5.25. The number of benzene rings is 1. The Morgan fingerprint density at radius 1 is 1.13 bits per heavy atom. The van der Waals surface area contributed by atoms with Crippen LogP contribution in [0.1, 0.15) is 18.9 Å². The number of hydrogen-bond donors (Lipinski definition) is 0. The SMILES string of the molecule is CCO[Si](C)(C)CCCc1ccccc1. The molecule has 0 aromatic heterocycles. The maximum atomic E-state index is 5.81. The van der Waals surface area contributed by atoms with Crippen molar-refractivity contribution in [2.75, 3.05) is 6.61 Å². The Hall–Kier alpha value is -0.603. The Morgan fingerprint density at radius 2 is 1.80 bits per heavy atom. The fourth-order valence-corrected chi connectivity index (χ4v) is 3.78. The summed E-state index contributed by atoms with van der Waals surface area (Å²) in [6, 6.07) is 12.0. The summed E-state index contributed by atoms with van der Waals surface area (Å²) < 4.78 is 5.81. The van der Waals surface area contributed by atoms with E-state index in [9.17, 15) is 0 Å². The van der Waals surface area contributed by atoms with Crippen LogP contribution < -0.4 is 0 Å². The highest BCUT2D eigenvalue weighted by Crippen LogP contribution is 2.15. The molecule has 1 rings (SSSR count). The van der Waals surface area contributed by atoms with Crippen molar-refractivity contribution < 1.29 is 4.43 Å². The minimum absolute atomic E-state index is 0.866. The van der Waals surface area contributed by atoms with Crippen LogP contribution in [0.4, 0.5) is 0 Å². The Kier molecular flexibility index (Phi) is 5.06. The van der Waals surface area contributed by atoms with Crippen LogP contribution in [0.25, 0.3) is 0 Å². The molecule has 0 radical (unpaired) electrons. The van der Waals surface area contributed by atoms with E-state index >= 15 is 0 Å². The van der Waals surface area contributed by atoms with Gasteiger partial charge in [-0.25, -0.2) is 0 Å². The van der Waals surface area contributed by atoms with Gasteiger partial charge < -0.3 is 4.43 Å². The molecule has 0 bridgehead atoms. The number of hydrogen-bond acceptors (Lipinski definition) is 1. The summed E-state index contributed by atoms with van der Waals surface area (Å²) >= 11 is 0. The van der Waals surface area contributed by atoms with Crippen LogP contribution in [0.5, 0.6) is 0 Å². The molecule has 15 heavy (non-hydrogen) atoms. The van der Waals surface area contributed by atoms with Crippen molar-refractivity contribution in [3.8, 4) is 0 Å². The van der Waals surface area contributed by atoms with Gasteiger partial charge in [0.15, 0.2) is 8.32 Å². The van der Waals surface area contributed by atoms with Gasteiger partial charge in [0, 0.05) is 6.61 Å². The van der Waals surface area contributed by atoms with Crippen LogP contribution in [0.15, 0.2) is 30.3 Å². The van der Waals surface area contributed by atoms with Crippen molar-refractivity contribution in [3.63, 3.8) is 0 Å². The molecule has 1 nitrogen and oxygen atoms in total. The fraction of sp³-hybridized carbons (Fsp3) is 0.538. The second kappa shape index (κ2) is 6.08. The maximum Gasteiger partial charge on any atom is 0.186 e. The summed E-state index contributed by atoms with van der Waals surface area (Å²) in [5.74, 6) is 0. The van der Waals surface area contributed by atoms with E-state index in [4.69, 9.17) is 4.43 Å². The highest BCUT2D eigenvalue weighted by Gasteiger charge is 2.20. The quantitative estimate of drug-likeness (QED) is 0.664. The molecule has 84 valence electrons. The van der Waals surface area contributed by atoms with Gasteiger partial charge in [0.05, 0.1) is 0 Å². The average molecular weight is 222 g/mol. The van der Waals surface area contributed by atoms with Crippen LogP contribution >= 0.6 is 0 Å². The predicted molar refractivity (Wildman–Crippen MR) is 68.7 cm³/mol. The molecule has 0 saturated carbocycles. The summed E-state index contributed by atoms with van der Waals surface area (Å²) in [4.78, 5) is 0. The predicted octanol–water partition coefficient (Wildman–Crippen LogP) is 3.86. The van der Waals surface area contributed by atoms with Gasteiger partial charge >= 0.3 is 0 Å². The largest absolute Gasteiger partial charge is 0.418 e. The molecule has 0 unspecified atom stereocenters. The van der Waals surface area contributed by atoms with Gasteiger partial charge in [-0.1, -0.05) is 30.3 Å². The lowest BCUT2D eigenvalue weighted by Crippen LogP contribution is -2.30. The normalized spacial score (nSPS) is 11.7. The van der Waals surface area contributed by atoms with Gasteiger partial charge in [0.2, 0.25) is 0 Å². The molecule has 0 aliphatic rings. The van der Waals surface area contributed by atoms with E-state index in [0.717, 1.165) is 6.61 Å². The highest BCUT2D eigenvalue weighted by atomic mass is 28.4. The monoisotopic (exact) mass is 222 g/mol. The molecule has 0 aliphatic carbocycles. The molecule has 0 N–H and O–H groups in total. The van der Waals surface area contributed by atoms with Crippen molar-refractivity contribution >= 4 is 8.32 Å². The minimum Gasteiger partial charge on any atom is -0.418 e. The van der Waals surface area contributed by atoms with Crippen LogP contribution in [0.2, 0.25) is 19.1 Å². The van der Waals surface area contributed by atoms with Crippen molar-refractivity contribution in [1.29, 1.82) is 0 Å². The van der Waals surface area contributed by atoms with E-state index in [0.29, 0.717) is 0 Å². The summed E-state index contributed by atoms with van der Waals surface area (Å²) in [6.07, 6.45) is 2.44. The van der Waals surface area contributed by atoms with E-state index in [2.05, 4.69) is 50.3 Å². The van der Waals surface area contributed by atoms with Crippen LogP contribution in [-0.2, 0) is 10.8 Å². The fourth-order valence-electron chi connectivity index (χ4n) is 1.83. The van der Waals surface area contributed by atoms with E-state index in [1.165, 1.54) is 24.4 Å². The summed E-state index contributed by atoms with van der Waals surface area (Å²) in [5, 5.41) is 0. The summed E-state index contributed by atoms with van der Waals surface area (Å²) in [6.45, 7) is 7.57. The van der Waals surface area contributed by atoms with Crippen molar-refractivity contribution in [1.82, 2.24) is 0 Å². The minimum atomic E-state index is -1.36. The molecule has 0 spiro atoms. The lowest BCUT2D eigenvalue weighted by Gasteiger charge is -2.21. The molecule has 0 saturated heterocycles. The van der Waals surface area contributed by atoms with E-state index < -0.39 is 8.32 Å². The van der Waals surface area contributed by atoms with Gasteiger partial charge in [-0.2, -0.15) is 0 Å². The van der Waals surface area contributed by atoms with Crippen molar-refractivity contribution in [2.45, 2.75) is 38.9 Å². The zero-order valence-corrected chi connectivity index (χ0v) is 11.1. The zero-order valence-electron chi connectivity index (χ0n) is 10.1. The third kappa shape index (κ3) is 5.14. The van der Waals surface area contributed by atoms with E-state index in [1.807, 2.05) is 0 Å². The van der Waals surface area contributed by atoms with E-state index in [1.54, 1.807) is 0 Å². The maximum absolute atomic E-state index is 5.81. The molecular formula is C13H22OSi. The molecule has 0 atom stereocenters. The smallest absolute Gasteiger partial charge is 0.186 e.